The molecule has 154 valence electrons. The summed E-state index contributed by atoms with van der Waals surface area (Å²) >= 11 is 0. The van der Waals surface area contributed by atoms with E-state index in [-0.39, 0.29) is 10.5 Å². The third-order valence-electron chi connectivity index (χ3n) is 4.45. The summed E-state index contributed by atoms with van der Waals surface area (Å²) in [5.41, 5.74) is 1.60. The van der Waals surface area contributed by atoms with Gasteiger partial charge in [0.25, 0.3) is 5.91 Å². The van der Waals surface area contributed by atoms with Crippen LogP contribution in [0.5, 0.6) is 5.75 Å². The summed E-state index contributed by atoms with van der Waals surface area (Å²) in [7, 11) is -3.69. The minimum Gasteiger partial charge on any atom is -0.492 e. The smallest absolute Gasteiger partial charge is 0.256 e. The Hall–Kier alpha value is -2.89. The summed E-state index contributed by atoms with van der Waals surface area (Å²) < 4.78 is 32.5. The zero-order valence-electron chi connectivity index (χ0n) is 17.0. The van der Waals surface area contributed by atoms with Crippen molar-refractivity contribution in [2.75, 3.05) is 25.0 Å². The summed E-state index contributed by atoms with van der Waals surface area (Å²) in [5, 5.41) is 11.9. The second-order valence-electron chi connectivity index (χ2n) is 6.28. The largest absolute Gasteiger partial charge is 0.492 e. The first-order valence-electron chi connectivity index (χ1n) is 9.37. The number of amides is 1. The molecular weight excluding hydrogens is 390 g/mol. The Kier molecular flexibility index (Phi) is 7.37. The molecule has 0 aliphatic heterocycles. The number of nitrogens with zero attached hydrogens (tertiary/aromatic N) is 2. The van der Waals surface area contributed by atoms with Gasteiger partial charge in [-0.3, -0.25) is 4.79 Å². The molecule has 0 aliphatic rings. The van der Waals surface area contributed by atoms with Crippen molar-refractivity contribution in [1.82, 2.24) is 4.31 Å². The first-order chi connectivity index (χ1) is 13.8. The summed E-state index contributed by atoms with van der Waals surface area (Å²) in [5.74, 6) is -0.0421. The topological polar surface area (TPSA) is 99.5 Å². The summed E-state index contributed by atoms with van der Waals surface area (Å²) in [6.07, 6.45) is 0. The number of carbonyl (C=O) groups excluding carboxylic acids is 1. The molecule has 0 spiro atoms. The molecule has 0 atom stereocenters. The van der Waals surface area contributed by atoms with E-state index in [0.717, 1.165) is 0 Å². The zero-order chi connectivity index (χ0) is 21.6. The molecule has 29 heavy (non-hydrogen) atoms. The fourth-order valence-corrected chi connectivity index (χ4v) is 4.37. The van der Waals surface area contributed by atoms with Gasteiger partial charge in [-0.25, -0.2) is 8.42 Å². The SMILES string of the molecule is CCOc1ccc(C#N)cc1NC(=O)c1cc(S(=O)(=O)N(CC)CC)ccc1C. The highest BCUT2D eigenvalue weighted by Crippen LogP contribution is 2.27. The van der Waals surface area contributed by atoms with E-state index in [1.54, 1.807) is 39.0 Å². The van der Waals surface area contributed by atoms with Crippen LogP contribution in [0.1, 0.15) is 42.3 Å². The Bertz CT molecular complexity index is 1040. The number of benzene rings is 2. The molecule has 0 saturated carbocycles. The van der Waals surface area contributed by atoms with Gasteiger partial charge in [0.2, 0.25) is 10.0 Å². The predicted molar refractivity (Wildman–Crippen MR) is 112 cm³/mol. The van der Waals surface area contributed by atoms with Gasteiger partial charge in [-0.15, -0.1) is 0 Å². The Balaban J connectivity index is 2.44. The van der Waals surface area contributed by atoms with E-state index in [0.29, 0.717) is 42.3 Å². The van der Waals surface area contributed by atoms with Crippen molar-refractivity contribution in [2.24, 2.45) is 0 Å². The predicted octanol–water partition coefficient (Wildman–Crippen LogP) is 3.55. The number of carbonyl (C=O) groups is 1. The number of hydrogen-bond acceptors (Lipinski definition) is 5. The molecule has 0 aliphatic carbocycles. The number of sulfonamides is 1. The molecule has 2 aromatic carbocycles. The van der Waals surface area contributed by atoms with Gasteiger partial charge in [-0.2, -0.15) is 9.57 Å². The van der Waals surface area contributed by atoms with Crippen LogP contribution in [0, 0.1) is 18.3 Å². The highest BCUT2D eigenvalue weighted by atomic mass is 32.2. The van der Waals surface area contributed by atoms with Crippen LogP contribution in [0.2, 0.25) is 0 Å². The van der Waals surface area contributed by atoms with Gasteiger partial charge in [0, 0.05) is 18.7 Å². The lowest BCUT2D eigenvalue weighted by Crippen LogP contribution is -2.30. The van der Waals surface area contributed by atoms with Crippen LogP contribution in [0.3, 0.4) is 0 Å². The van der Waals surface area contributed by atoms with Crippen molar-refractivity contribution in [3.8, 4) is 11.8 Å². The Morgan fingerprint density at radius 2 is 1.83 bits per heavy atom. The molecule has 1 amide bonds. The van der Waals surface area contributed by atoms with Crippen LogP contribution in [0.4, 0.5) is 5.69 Å². The monoisotopic (exact) mass is 415 g/mol. The van der Waals surface area contributed by atoms with Crippen LogP contribution < -0.4 is 10.1 Å². The zero-order valence-corrected chi connectivity index (χ0v) is 17.8. The molecule has 0 saturated heterocycles. The van der Waals surface area contributed by atoms with E-state index in [9.17, 15) is 13.2 Å². The average Bonchev–Trinajstić information content (AvgIpc) is 2.70. The fourth-order valence-electron chi connectivity index (χ4n) is 2.89. The fraction of sp³-hybridized carbons (Fsp3) is 0.333. The third-order valence-corrected chi connectivity index (χ3v) is 6.50. The van der Waals surface area contributed by atoms with Crippen LogP contribution in [-0.2, 0) is 10.0 Å². The number of hydrogen-bond donors (Lipinski definition) is 1. The van der Waals surface area contributed by atoms with Crippen molar-refractivity contribution in [3.05, 3.63) is 53.1 Å². The van der Waals surface area contributed by atoms with Gasteiger partial charge in [0.15, 0.2) is 0 Å². The molecule has 2 aromatic rings. The molecule has 7 nitrogen and oxygen atoms in total. The average molecular weight is 416 g/mol. The quantitative estimate of drug-likeness (QED) is 0.711. The molecule has 0 bridgehead atoms. The Morgan fingerprint density at radius 1 is 1.14 bits per heavy atom. The number of anilines is 1. The number of rotatable bonds is 8. The lowest BCUT2D eigenvalue weighted by molar-refractivity contribution is 0.102. The maximum atomic E-state index is 12.9. The molecule has 0 unspecified atom stereocenters. The van der Waals surface area contributed by atoms with Crippen molar-refractivity contribution < 1.29 is 17.9 Å². The van der Waals surface area contributed by atoms with E-state index >= 15 is 0 Å². The molecule has 0 heterocycles. The van der Waals surface area contributed by atoms with Crippen molar-refractivity contribution in [2.45, 2.75) is 32.6 Å². The minimum atomic E-state index is -3.69. The number of ether oxygens (including phenoxy) is 1. The van der Waals surface area contributed by atoms with Crippen LogP contribution in [0.15, 0.2) is 41.3 Å². The normalized spacial score (nSPS) is 11.2. The maximum Gasteiger partial charge on any atom is 0.256 e. The van der Waals surface area contributed by atoms with E-state index in [2.05, 4.69) is 5.32 Å². The van der Waals surface area contributed by atoms with Crippen LogP contribution in [0.25, 0.3) is 0 Å². The highest BCUT2D eigenvalue weighted by Gasteiger charge is 2.23. The van der Waals surface area contributed by atoms with Crippen molar-refractivity contribution in [3.63, 3.8) is 0 Å². The third kappa shape index (κ3) is 4.94. The van der Waals surface area contributed by atoms with E-state index in [4.69, 9.17) is 10.00 Å². The lowest BCUT2D eigenvalue weighted by atomic mass is 10.1. The molecule has 0 radical (unpaired) electrons. The van der Waals surface area contributed by atoms with E-state index in [1.807, 2.05) is 13.0 Å². The number of nitriles is 1. The van der Waals surface area contributed by atoms with Gasteiger partial charge >= 0.3 is 0 Å². The van der Waals surface area contributed by atoms with Crippen LogP contribution in [-0.4, -0.2) is 38.3 Å². The van der Waals surface area contributed by atoms with Gasteiger partial charge in [-0.1, -0.05) is 19.9 Å². The molecule has 1 N–H and O–H groups in total. The molecule has 0 fully saturated rings. The molecule has 0 aromatic heterocycles. The lowest BCUT2D eigenvalue weighted by Gasteiger charge is -2.19. The first kappa shape index (κ1) is 22.4. The minimum absolute atomic E-state index is 0.0627. The second-order valence-corrected chi connectivity index (χ2v) is 8.21. The summed E-state index contributed by atoms with van der Waals surface area (Å²) in [6.45, 7) is 8.15. The first-order valence-corrected chi connectivity index (χ1v) is 10.8. The Labute approximate surface area is 172 Å². The number of nitrogens with one attached hydrogen (secondary N) is 1. The van der Waals surface area contributed by atoms with Gasteiger partial charge in [0.05, 0.1) is 28.8 Å². The maximum absolute atomic E-state index is 12.9. The van der Waals surface area contributed by atoms with Gasteiger partial charge in [0.1, 0.15) is 5.75 Å². The van der Waals surface area contributed by atoms with Crippen LogP contribution >= 0.6 is 0 Å². The molecule has 8 heteroatoms. The number of aryl methyl sites for hydroxylation is 1. The standard InChI is InChI=1S/C21H25N3O4S/c1-5-24(6-2)29(26,27)17-10-8-15(4)18(13-17)21(25)23-19-12-16(14-22)9-11-20(19)28-7-3/h8-13H,5-7H2,1-4H3,(H,23,25). The Morgan fingerprint density at radius 3 is 2.41 bits per heavy atom. The van der Waals surface area contributed by atoms with E-state index in [1.165, 1.54) is 22.5 Å². The van der Waals surface area contributed by atoms with Crippen molar-refractivity contribution >= 4 is 21.6 Å². The summed E-state index contributed by atoms with van der Waals surface area (Å²) in [4.78, 5) is 13.0. The van der Waals surface area contributed by atoms with Crippen molar-refractivity contribution in [1.29, 1.82) is 5.26 Å². The molecule has 2 rings (SSSR count). The second kappa shape index (κ2) is 9.54. The van der Waals surface area contributed by atoms with Gasteiger partial charge in [-0.05, 0) is 49.7 Å². The van der Waals surface area contributed by atoms with E-state index < -0.39 is 15.9 Å². The molecular formula is C21H25N3O4S. The summed E-state index contributed by atoms with van der Waals surface area (Å²) in [6, 6.07) is 11.3. The van der Waals surface area contributed by atoms with Gasteiger partial charge < -0.3 is 10.1 Å². The highest BCUT2D eigenvalue weighted by molar-refractivity contribution is 7.89.